The van der Waals surface area contributed by atoms with E-state index in [1.165, 1.54) is 6.07 Å². The predicted molar refractivity (Wildman–Crippen MR) is 72.6 cm³/mol. The van der Waals surface area contributed by atoms with E-state index in [0.29, 0.717) is 11.7 Å². The number of aromatic nitrogens is 2. The number of hydrogen-bond donors (Lipinski definition) is 1. The lowest BCUT2D eigenvalue weighted by atomic mass is 10.3. The summed E-state index contributed by atoms with van der Waals surface area (Å²) in [7, 11) is 0. The lowest BCUT2D eigenvalue weighted by molar-refractivity contribution is 0.617. The average molecular weight is 310 g/mol. The van der Waals surface area contributed by atoms with Crippen LogP contribution in [0, 0.1) is 12.7 Å². The number of benzene rings is 1. The molecule has 0 amide bonds. The van der Waals surface area contributed by atoms with Gasteiger partial charge in [0.15, 0.2) is 0 Å². The van der Waals surface area contributed by atoms with E-state index in [0.717, 1.165) is 29.0 Å². The van der Waals surface area contributed by atoms with Gasteiger partial charge in [-0.05, 0) is 38.0 Å². The van der Waals surface area contributed by atoms with Crippen LogP contribution in [0.5, 0.6) is 0 Å². The summed E-state index contributed by atoms with van der Waals surface area (Å²) in [6.45, 7) is 1.91. The second-order valence-electron chi connectivity index (χ2n) is 4.59. The van der Waals surface area contributed by atoms with Gasteiger partial charge in [-0.1, -0.05) is 15.9 Å². The Hall–Kier alpha value is -1.36. The van der Waals surface area contributed by atoms with Crippen molar-refractivity contribution < 1.29 is 4.39 Å². The van der Waals surface area contributed by atoms with Gasteiger partial charge in [0, 0.05) is 16.7 Å². The van der Waals surface area contributed by atoms with Crippen molar-refractivity contribution in [2.75, 3.05) is 5.32 Å². The normalized spacial score (nSPS) is 14.8. The second kappa shape index (κ2) is 4.39. The number of aryl methyl sites for hydroxylation is 1. The molecule has 3 rings (SSSR count). The summed E-state index contributed by atoms with van der Waals surface area (Å²) in [4.78, 5) is 4.40. The van der Waals surface area contributed by atoms with E-state index in [9.17, 15) is 4.39 Å². The number of imidazole rings is 1. The number of nitrogens with one attached hydrogen (secondary N) is 1. The van der Waals surface area contributed by atoms with Gasteiger partial charge in [-0.3, -0.25) is 4.57 Å². The molecule has 5 heteroatoms. The topological polar surface area (TPSA) is 29.9 Å². The van der Waals surface area contributed by atoms with Crippen LogP contribution in [0.3, 0.4) is 0 Å². The Labute approximate surface area is 113 Å². The Morgan fingerprint density at radius 1 is 1.44 bits per heavy atom. The van der Waals surface area contributed by atoms with Crippen molar-refractivity contribution in [3.05, 3.63) is 40.4 Å². The summed E-state index contributed by atoms with van der Waals surface area (Å²) in [6, 6.07) is 5.53. The molecule has 1 N–H and O–H groups in total. The zero-order chi connectivity index (χ0) is 12.7. The lowest BCUT2D eigenvalue weighted by Crippen LogP contribution is -2.08. The van der Waals surface area contributed by atoms with E-state index in [2.05, 4.69) is 26.2 Å². The maximum Gasteiger partial charge on any atom is 0.208 e. The van der Waals surface area contributed by atoms with E-state index < -0.39 is 0 Å². The molecule has 1 heterocycles. The van der Waals surface area contributed by atoms with Crippen LogP contribution in [-0.4, -0.2) is 15.6 Å². The fourth-order valence-electron chi connectivity index (χ4n) is 1.87. The summed E-state index contributed by atoms with van der Waals surface area (Å²) in [5.74, 6) is 0.455. The van der Waals surface area contributed by atoms with E-state index in [-0.39, 0.29) is 5.82 Å². The van der Waals surface area contributed by atoms with Gasteiger partial charge in [0.1, 0.15) is 5.82 Å². The fraction of sp³-hybridized carbons (Fsp3) is 0.308. The van der Waals surface area contributed by atoms with E-state index in [1.807, 2.05) is 19.2 Å². The molecule has 0 unspecified atom stereocenters. The third-order valence-corrected chi connectivity index (χ3v) is 3.40. The molecular formula is C13H13BrFN3. The number of halogens is 2. The Kier molecular flexibility index (Phi) is 2.86. The molecular weight excluding hydrogens is 297 g/mol. The third-order valence-electron chi connectivity index (χ3n) is 2.91. The molecule has 1 aromatic carbocycles. The van der Waals surface area contributed by atoms with Gasteiger partial charge < -0.3 is 5.32 Å². The van der Waals surface area contributed by atoms with Crippen molar-refractivity contribution >= 4 is 21.9 Å². The van der Waals surface area contributed by atoms with Crippen LogP contribution >= 0.6 is 15.9 Å². The quantitative estimate of drug-likeness (QED) is 0.937. The van der Waals surface area contributed by atoms with E-state index in [4.69, 9.17) is 0 Å². The molecule has 1 saturated carbocycles. The van der Waals surface area contributed by atoms with Crippen LogP contribution in [0.4, 0.5) is 10.3 Å². The van der Waals surface area contributed by atoms with Crippen LogP contribution < -0.4 is 5.32 Å². The minimum absolute atomic E-state index is 0.263. The molecule has 94 valence electrons. The minimum atomic E-state index is -0.263. The van der Waals surface area contributed by atoms with Gasteiger partial charge in [0.25, 0.3) is 0 Å². The van der Waals surface area contributed by atoms with E-state index >= 15 is 0 Å². The van der Waals surface area contributed by atoms with Gasteiger partial charge in [0.05, 0.1) is 11.4 Å². The zero-order valence-electron chi connectivity index (χ0n) is 9.95. The predicted octanol–water partition coefficient (Wildman–Crippen LogP) is 3.66. The summed E-state index contributed by atoms with van der Waals surface area (Å²) in [6.07, 6.45) is 4.17. The monoisotopic (exact) mass is 309 g/mol. The molecule has 3 nitrogen and oxygen atoms in total. The molecule has 0 bridgehead atoms. The van der Waals surface area contributed by atoms with Crippen LogP contribution in [-0.2, 0) is 0 Å². The molecule has 0 atom stereocenters. The highest BCUT2D eigenvalue weighted by molar-refractivity contribution is 9.10. The number of anilines is 1. The maximum atomic E-state index is 14.0. The first-order valence-electron chi connectivity index (χ1n) is 5.91. The molecule has 0 saturated heterocycles. The van der Waals surface area contributed by atoms with Gasteiger partial charge in [-0.15, -0.1) is 0 Å². The Morgan fingerprint density at radius 3 is 2.89 bits per heavy atom. The van der Waals surface area contributed by atoms with Crippen molar-refractivity contribution in [3.63, 3.8) is 0 Å². The Bertz CT molecular complexity index is 590. The first-order chi connectivity index (χ1) is 8.63. The molecule has 1 aliphatic carbocycles. The Morgan fingerprint density at radius 2 is 2.22 bits per heavy atom. The molecule has 0 radical (unpaired) electrons. The van der Waals surface area contributed by atoms with Crippen LogP contribution in [0.1, 0.15) is 18.5 Å². The minimum Gasteiger partial charge on any atom is -0.353 e. The number of hydrogen-bond acceptors (Lipinski definition) is 2. The maximum absolute atomic E-state index is 14.0. The van der Waals surface area contributed by atoms with Crippen LogP contribution in [0.2, 0.25) is 0 Å². The highest BCUT2D eigenvalue weighted by Gasteiger charge is 2.23. The van der Waals surface area contributed by atoms with Gasteiger partial charge in [-0.25, -0.2) is 9.37 Å². The average Bonchev–Trinajstić information content (AvgIpc) is 3.03. The number of rotatable bonds is 3. The SMILES string of the molecule is Cc1cn(-c2ccc(Br)cc2F)c(NC2CC2)n1. The molecule has 2 aromatic rings. The largest absolute Gasteiger partial charge is 0.353 e. The molecule has 1 aromatic heterocycles. The van der Waals surface area contributed by atoms with Gasteiger partial charge >= 0.3 is 0 Å². The van der Waals surface area contributed by atoms with E-state index in [1.54, 1.807) is 10.6 Å². The summed E-state index contributed by atoms with van der Waals surface area (Å²) >= 11 is 3.26. The molecule has 1 fully saturated rings. The fourth-order valence-corrected chi connectivity index (χ4v) is 2.20. The highest BCUT2D eigenvalue weighted by Crippen LogP contribution is 2.27. The lowest BCUT2D eigenvalue weighted by Gasteiger charge is -2.10. The third kappa shape index (κ3) is 2.27. The summed E-state index contributed by atoms with van der Waals surface area (Å²) in [5.41, 5.74) is 1.39. The molecule has 18 heavy (non-hydrogen) atoms. The van der Waals surface area contributed by atoms with Crippen molar-refractivity contribution in [2.24, 2.45) is 0 Å². The molecule has 1 aliphatic rings. The first kappa shape index (κ1) is 11.7. The van der Waals surface area contributed by atoms with Gasteiger partial charge in [-0.2, -0.15) is 0 Å². The second-order valence-corrected chi connectivity index (χ2v) is 5.51. The summed E-state index contributed by atoms with van der Waals surface area (Å²) < 4.78 is 16.5. The number of nitrogens with zero attached hydrogens (tertiary/aromatic N) is 2. The first-order valence-corrected chi connectivity index (χ1v) is 6.71. The molecule has 0 aliphatic heterocycles. The van der Waals surface area contributed by atoms with Crippen LogP contribution in [0.15, 0.2) is 28.9 Å². The van der Waals surface area contributed by atoms with Crippen LogP contribution in [0.25, 0.3) is 5.69 Å². The highest BCUT2D eigenvalue weighted by atomic mass is 79.9. The van der Waals surface area contributed by atoms with Gasteiger partial charge in [0.2, 0.25) is 5.95 Å². The molecule has 0 spiro atoms. The van der Waals surface area contributed by atoms with Crippen molar-refractivity contribution in [1.82, 2.24) is 9.55 Å². The van der Waals surface area contributed by atoms with Crippen molar-refractivity contribution in [1.29, 1.82) is 0 Å². The Balaban J connectivity index is 2.03. The standard InChI is InChI=1S/C13H13BrFN3/c1-8-7-18(13(16-8)17-10-3-4-10)12-5-2-9(14)6-11(12)15/h2,5-7,10H,3-4H2,1H3,(H,16,17). The summed E-state index contributed by atoms with van der Waals surface area (Å²) in [5, 5.41) is 3.32. The van der Waals surface area contributed by atoms with Crippen molar-refractivity contribution in [3.8, 4) is 5.69 Å². The zero-order valence-corrected chi connectivity index (χ0v) is 11.5. The van der Waals surface area contributed by atoms with Crippen molar-refractivity contribution in [2.45, 2.75) is 25.8 Å². The smallest absolute Gasteiger partial charge is 0.208 e.